The summed E-state index contributed by atoms with van der Waals surface area (Å²) < 4.78 is 2.12. The molecule has 17 heavy (non-hydrogen) atoms. The topological polar surface area (TPSA) is 43.8 Å². The van der Waals surface area contributed by atoms with Crippen molar-refractivity contribution in [2.24, 2.45) is 11.7 Å². The fraction of sp³-hybridized carbons (Fsp3) is 0.385. The highest BCUT2D eigenvalue weighted by molar-refractivity contribution is 7.80. The van der Waals surface area contributed by atoms with E-state index >= 15 is 0 Å². The number of rotatable bonds is 4. The van der Waals surface area contributed by atoms with Gasteiger partial charge in [-0.05, 0) is 18.1 Å². The van der Waals surface area contributed by atoms with Crippen molar-refractivity contribution >= 4 is 28.2 Å². The second-order valence-electron chi connectivity index (χ2n) is 4.67. The summed E-state index contributed by atoms with van der Waals surface area (Å²) in [6, 6.07) is 8.10. The first-order valence-electron chi connectivity index (χ1n) is 5.80. The second kappa shape index (κ2) is 4.84. The Kier molecular flexibility index (Phi) is 3.43. The number of fused-ring (bicyclic) bond motifs is 1. The Bertz CT molecular complexity index is 543. The molecule has 2 rings (SSSR count). The van der Waals surface area contributed by atoms with Crippen molar-refractivity contribution in [2.75, 3.05) is 0 Å². The third-order valence-corrected chi connectivity index (χ3v) is 2.77. The molecule has 1 aromatic heterocycles. The zero-order valence-electron chi connectivity index (χ0n) is 10.2. The highest BCUT2D eigenvalue weighted by Gasteiger charge is 2.11. The number of imidazole rings is 1. The third-order valence-electron chi connectivity index (χ3n) is 2.64. The van der Waals surface area contributed by atoms with Crippen molar-refractivity contribution in [3.63, 3.8) is 0 Å². The van der Waals surface area contributed by atoms with Gasteiger partial charge in [-0.25, -0.2) is 4.98 Å². The number of hydrogen-bond donors (Lipinski definition) is 1. The van der Waals surface area contributed by atoms with Gasteiger partial charge in [-0.15, -0.1) is 0 Å². The lowest BCUT2D eigenvalue weighted by atomic mass is 10.1. The number of aromatic nitrogens is 2. The highest BCUT2D eigenvalue weighted by atomic mass is 32.1. The first kappa shape index (κ1) is 12.0. The quantitative estimate of drug-likeness (QED) is 0.844. The maximum Gasteiger partial charge on any atom is 0.110 e. The van der Waals surface area contributed by atoms with E-state index in [0.717, 1.165) is 23.3 Å². The van der Waals surface area contributed by atoms with Gasteiger partial charge in [0.2, 0.25) is 0 Å². The van der Waals surface area contributed by atoms with Gasteiger partial charge in [0.1, 0.15) is 5.82 Å². The molecule has 2 N–H and O–H groups in total. The van der Waals surface area contributed by atoms with E-state index in [1.54, 1.807) is 0 Å². The van der Waals surface area contributed by atoms with Crippen LogP contribution in [0.3, 0.4) is 0 Å². The molecular formula is C13H17N3S. The van der Waals surface area contributed by atoms with Crippen LogP contribution in [-0.2, 0) is 13.0 Å². The first-order chi connectivity index (χ1) is 8.08. The van der Waals surface area contributed by atoms with Crippen LogP contribution in [-0.4, -0.2) is 14.5 Å². The first-order valence-corrected chi connectivity index (χ1v) is 6.21. The molecule has 4 heteroatoms. The molecule has 0 aliphatic carbocycles. The van der Waals surface area contributed by atoms with Gasteiger partial charge in [-0.1, -0.05) is 38.2 Å². The summed E-state index contributed by atoms with van der Waals surface area (Å²) in [7, 11) is 0. The van der Waals surface area contributed by atoms with Crippen LogP contribution in [0.1, 0.15) is 19.7 Å². The van der Waals surface area contributed by atoms with Gasteiger partial charge in [0.05, 0.1) is 22.6 Å². The van der Waals surface area contributed by atoms with Crippen molar-refractivity contribution in [1.82, 2.24) is 9.55 Å². The van der Waals surface area contributed by atoms with Crippen LogP contribution in [0.2, 0.25) is 0 Å². The maximum atomic E-state index is 5.66. The van der Waals surface area contributed by atoms with Crippen molar-refractivity contribution in [2.45, 2.75) is 26.8 Å². The molecule has 0 saturated carbocycles. The van der Waals surface area contributed by atoms with E-state index < -0.39 is 0 Å². The summed E-state index contributed by atoms with van der Waals surface area (Å²) in [6.45, 7) is 4.94. The van der Waals surface area contributed by atoms with E-state index in [0.29, 0.717) is 17.5 Å². The summed E-state index contributed by atoms with van der Waals surface area (Å²) in [4.78, 5) is 5.15. The molecule has 0 aliphatic heterocycles. The third kappa shape index (κ3) is 2.64. The molecule has 1 heterocycles. The van der Waals surface area contributed by atoms with Gasteiger partial charge in [-0.2, -0.15) is 0 Å². The summed E-state index contributed by atoms with van der Waals surface area (Å²) in [5.41, 5.74) is 7.78. The fourth-order valence-corrected chi connectivity index (χ4v) is 2.11. The van der Waals surface area contributed by atoms with E-state index in [1.165, 1.54) is 0 Å². The van der Waals surface area contributed by atoms with Gasteiger partial charge in [0, 0.05) is 6.42 Å². The van der Waals surface area contributed by atoms with Crippen molar-refractivity contribution in [1.29, 1.82) is 0 Å². The number of nitrogens with two attached hydrogens (primary N) is 1. The fourth-order valence-electron chi connectivity index (χ4n) is 1.98. The van der Waals surface area contributed by atoms with Crippen LogP contribution >= 0.6 is 12.2 Å². The SMILES string of the molecule is CC(C)Cc1nc2ccccc2n1CC(N)=S. The zero-order valence-corrected chi connectivity index (χ0v) is 11.0. The van der Waals surface area contributed by atoms with E-state index in [1.807, 2.05) is 18.2 Å². The summed E-state index contributed by atoms with van der Waals surface area (Å²) in [6.07, 6.45) is 0.942. The number of thiocarbonyl (C=S) groups is 1. The van der Waals surface area contributed by atoms with Crippen molar-refractivity contribution in [3.05, 3.63) is 30.1 Å². The smallest absolute Gasteiger partial charge is 0.110 e. The van der Waals surface area contributed by atoms with Crippen LogP contribution in [0, 0.1) is 5.92 Å². The minimum atomic E-state index is 0.498. The Hall–Kier alpha value is -1.42. The number of para-hydroxylation sites is 2. The molecule has 0 saturated heterocycles. The Labute approximate surface area is 107 Å². The van der Waals surface area contributed by atoms with Crippen molar-refractivity contribution in [3.8, 4) is 0 Å². The summed E-state index contributed by atoms with van der Waals surface area (Å²) in [5, 5.41) is 0. The van der Waals surface area contributed by atoms with E-state index in [-0.39, 0.29) is 0 Å². The van der Waals surface area contributed by atoms with E-state index in [2.05, 4.69) is 29.5 Å². The second-order valence-corrected chi connectivity index (χ2v) is 5.19. The van der Waals surface area contributed by atoms with E-state index in [9.17, 15) is 0 Å². The molecule has 2 aromatic rings. The number of nitrogens with zero attached hydrogens (tertiary/aromatic N) is 2. The predicted octanol–water partition coefficient (Wildman–Crippen LogP) is 2.52. The van der Waals surface area contributed by atoms with E-state index in [4.69, 9.17) is 18.0 Å². The zero-order chi connectivity index (χ0) is 12.4. The number of hydrogen-bond acceptors (Lipinski definition) is 2. The normalized spacial score (nSPS) is 11.2. The number of benzene rings is 1. The van der Waals surface area contributed by atoms with Gasteiger partial charge < -0.3 is 10.3 Å². The Morgan fingerprint density at radius 1 is 1.41 bits per heavy atom. The molecule has 90 valence electrons. The molecule has 0 spiro atoms. The standard InChI is InChI=1S/C13H17N3S/c1-9(2)7-13-15-10-5-3-4-6-11(10)16(13)8-12(14)17/h3-6,9H,7-8H2,1-2H3,(H2,14,17). The molecule has 1 aromatic carbocycles. The van der Waals surface area contributed by atoms with Crippen LogP contribution < -0.4 is 5.73 Å². The maximum absolute atomic E-state index is 5.66. The Morgan fingerprint density at radius 3 is 2.76 bits per heavy atom. The monoisotopic (exact) mass is 247 g/mol. The average molecular weight is 247 g/mol. The lowest BCUT2D eigenvalue weighted by molar-refractivity contribution is 0.601. The average Bonchev–Trinajstić information content (AvgIpc) is 2.55. The Balaban J connectivity index is 2.52. The Morgan fingerprint density at radius 2 is 2.12 bits per heavy atom. The lowest BCUT2D eigenvalue weighted by Crippen LogP contribution is -2.18. The summed E-state index contributed by atoms with van der Waals surface area (Å²) in [5.74, 6) is 1.63. The molecule has 0 aliphatic rings. The van der Waals surface area contributed by atoms with Crippen LogP contribution in [0.15, 0.2) is 24.3 Å². The van der Waals surface area contributed by atoms with Gasteiger partial charge in [-0.3, -0.25) is 0 Å². The molecular weight excluding hydrogens is 230 g/mol. The summed E-state index contributed by atoms with van der Waals surface area (Å²) >= 11 is 5.01. The largest absolute Gasteiger partial charge is 0.392 e. The minimum Gasteiger partial charge on any atom is -0.392 e. The molecule has 0 amide bonds. The highest BCUT2D eigenvalue weighted by Crippen LogP contribution is 2.18. The van der Waals surface area contributed by atoms with Crippen LogP contribution in [0.4, 0.5) is 0 Å². The minimum absolute atomic E-state index is 0.498. The molecule has 3 nitrogen and oxygen atoms in total. The molecule has 0 unspecified atom stereocenters. The lowest BCUT2D eigenvalue weighted by Gasteiger charge is -2.09. The van der Waals surface area contributed by atoms with Gasteiger partial charge in [0.15, 0.2) is 0 Å². The molecule has 0 atom stereocenters. The van der Waals surface area contributed by atoms with Gasteiger partial charge in [0.25, 0.3) is 0 Å². The molecule has 0 bridgehead atoms. The van der Waals surface area contributed by atoms with Gasteiger partial charge >= 0.3 is 0 Å². The van der Waals surface area contributed by atoms with Crippen LogP contribution in [0.5, 0.6) is 0 Å². The molecule has 0 radical (unpaired) electrons. The predicted molar refractivity (Wildman–Crippen MR) is 75.1 cm³/mol. The molecule has 0 fully saturated rings. The van der Waals surface area contributed by atoms with Crippen LogP contribution in [0.25, 0.3) is 11.0 Å². The van der Waals surface area contributed by atoms with Crippen molar-refractivity contribution < 1.29 is 0 Å².